The lowest BCUT2D eigenvalue weighted by Gasteiger charge is -2.11. The zero-order valence-corrected chi connectivity index (χ0v) is 10.4. The van der Waals surface area contributed by atoms with Gasteiger partial charge in [0.2, 0.25) is 15.9 Å². The van der Waals surface area contributed by atoms with E-state index in [0.29, 0.717) is 6.42 Å². The molecule has 0 aliphatic carbocycles. The Hall–Kier alpha value is -0.620. The highest BCUT2D eigenvalue weighted by Crippen LogP contribution is 1.89. The number of hydrogen-bond acceptors (Lipinski definition) is 3. The summed E-state index contributed by atoms with van der Waals surface area (Å²) in [4.78, 5) is 11.2. The van der Waals surface area contributed by atoms with Gasteiger partial charge in [-0.3, -0.25) is 4.79 Å². The first-order chi connectivity index (χ1) is 6.91. The predicted molar refractivity (Wildman–Crippen MR) is 60.0 cm³/mol. The number of carbonyl (C=O) groups excluding carboxylic acids is 1. The first kappa shape index (κ1) is 14.4. The standard InChI is InChI=1S/C9H20N2O3S/c1-4-6-15(13,14)10-7-9(12)11-8(3)5-2/h8,10H,4-7H2,1-3H3,(H,11,12). The van der Waals surface area contributed by atoms with Gasteiger partial charge >= 0.3 is 0 Å². The van der Waals surface area contributed by atoms with Crippen LogP contribution in [0.25, 0.3) is 0 Å². The van der Waals surface area contributed by atoms with Gasteiger partial charge in [-0.05, 0) is 19.8 Å². The number of carbonyl (C=O) groups is 1. The van der Waals surface area contributed by atoms with Gasteiger partial charge in [-0.1, -0.05) is 13.8 Å². The lowest BCUT2D eigenvalue weighted by atomic mass is 10.2. The summed E-state index contributed by atoms with van der Waals surface area (Å²) in [5.41, 5.74) is 0. The van der Waals surface area contributed by atoms with Crippen molar-refractivity contribution >= 4 is 15.9 Å². The van der Waals surface area contributed by atoms with Gasteiger partial charge in [0, 0.05) is 6.04 Å². The molecule has 1 unspecified atom stereocenters. The Balaban J connectivity index is 3.90. The molecular weight excluding hydrogens is 216 g/mol. The summed E-state index contributed by atoms with van der Waals surface area (Å²) in [6, 6.07) is 0.0770. The van der Waals surface area contributed by atoms with Crippen LogP contribution in [-0.2, 0) is 14.8 Å². The van der Waals surface area contributed by atoms with E-state index < -0.39 is 10.0 Å². The second kappa shape index (κ2) is 6.79. The fraction of sp³-hybridized carbons (Fsp3) is 0.889. The van der Waals surface area contributed by atoms with Crippen molar-refractivity contribution in [3.05, 3.63) is 0 Å². The molecule has 0 spiro atoms. The number of hydrogen-bond donors (Lipinski definition) is 2. The van der Waals surface area contributed by atoms with Crippen LogP contribution in [-0.4, -0.2) is 32.7 Å². The number of amides is 1. The van der Waals surface area contributed by atoms with Crippen LogP contribution in [0.4, 0.5) is 0 Å². The monoisotopic (exact) mass is 236 g/mol. The molecule has 0 saturated carbocycles. The molecule has 0 saturated heterocycles. The van der Waals surface area contributed by atoms with Crippen LogP contribution in [0.5, 0.6) is 0 Å². The van der Waals surface area contributed by atoms with Crippen LogP contribution >= 0.6 is 0 Å². The fourth-order valence-electron chi connectivity index (χ4n) is 0.944. The zero-order chi connectivity index (χ0) is 11.9. The van der Waals surface area contributed by atoms with Crippen molar-refractivity contribution in [1.82, 2.24) is 10.0 Å². The van der Waals surface area contributed by atoms with E-state index in [1.807, 2.05) is 13.8 Å². The number of sulfonamides is 1. The van der Waals surface area contributed by atoms with Crippen molar-refractivity contribution in [2.75, 3.05) is 12.3 Å². The first-order valence-corrected chi connectivity index (χ1v) is 6.83. The minimum absolute atomic E-state index is 0.0591. The van der Waals surface area contributed by atoms with E-state index >= 15 is 0 Å². The van der Waals surface area contributed by atoms with E-state index in [9.17, 15) is 13.2 Å². The number of rotatable bonds is 7. The molecule has 0 heterocycles. The van der Waals surface area contributed by atoms with Crippen LogP contribution in [0.15, 0.2) is 0 Å². The van der Waals surface area contributed by atoms with Crippen molar-refractivity contribution < 1.29 is 13.2 Å². The molecule has 0 aromatic carbocycles. The van der Waals surface area contributed by atoms with Crippen molar-refractivity contribution in [2.24, 2.45) is 0 Å². The van der Waals surface area contributed by atoms with Crippen LogP contribution in [0.3, 0.4) is 0 Å². The van der Waals surface area contributed by atoms with E-state index in [-0.39, 0.29) is 24.2 Å². The molecule has 0 aromatic rings. The highest BCUT2D eigenvalue weighted by atomic mass is 32.2. The summed E-state index contributed by atoms with van der Waals surface area (Å²) in [6.45, 7) is 5.43. The average molecular weight is 236 g/mol. The van der Waals surface area contributed by atoms with Gasteiger partial charge in [0.05, 0.1) is 12.3 Å². The quantitative estimate of drug-likeness (QED) is 0.664. The van der Waals surface area contributed by atoms with Crippen molar-refractivity contribution in [1.29, 1.82) is 0 Å². The normalized spacial score (nSPS) is 13.5. The van der Waals surface area contributed by atoms with Crippen LogP contribution in [0, 0.1) is 0 Å². The van der Waals surface area contributed by atoms with E-state index in [1.165, 1.54) is 0 Å². The maximum atomic E-state index is 11.2. The lowest BCUT2D eigenvalue weighted by molar-refractivity contribution is -0.120. The Bertz CT molecular complexity index is 288. The topological polar surface area (TPSA) is 75.3 Å². The Morgan fingerprint density at radius 2 is 1.93 bits per heavy atom. The smallest absolute Gasteiger partial charge is 0.235 e. The molecule has 0 fully saturated rings. The van der Waals surface area contributed by atoms with Gasteiger partial charge in [-0.25, -0.2) is 13.1 Å². The summed E-state index contributed by atoms with van der Waals surface area (Å²) in [7, 11) is -3.28. The predicted octanol–water partition coefficient (Wildman–Crippen LogP) is 0.231. The van der Waals surface area contributed by atoms with Crippen LogP contribution in [0.1, 0.15) is 33.6 Å². The molecule has 1 atom stereocenters. The molecule has 15 heavy (non-hydrogen) atoms. The maximum Gasteiger partial charge on any atom is 0.235 e. The van der Waals surface area contributed by atoms with E-state index in [0.717, 1.165) is 6.42 Å². The van der Waals surface area contributed by atoms with Crippen molar-refractivity contribution in [3.63, 3.8) is 0 Å². The van der Waals surface area contributed by atoms with Gasteiger partial charge < -0.3 is 5.32 Å². The largest absolute Gasteiger partial charge is 0.353 e. The zero-order valence-electron chi connectivity index (χ0n) is 9.54. The highest BCUT2D eigenvalue weighted by molar-refractivity contribution is 7.89. The molecule has 90 valence electrons. The van der Waals surface area contributed by atoms with Gasteiger partial charge in [0.15, 0.2) is 0 Å². The molecule has 0 rings (SSSR count). The van der Waals surface area contributed by atoms with E-state index in [1.54, 1.807) is 6.92 Å². The summed E-state index contributed by atoms with van der Waals surface area (Å²) in [5.74, 6) is -0.229. The van der Waals surface area contributed by atoms with Crippen LogP contribution in [0.2, 0.25) is 0 Å². The third-order valence-electron chi connectivity index (χ3n) is 1.95. The molecule has 1 amide bonds. The minimum Gasteiger partial charge on any atom is -0.353 e. The molecule has 6 heteroatoms. The third-order valence-corrected chi connectivity index (χ3v) is 3.48. The molecule has 0 aliphatic rings. The summed E-state index contributed by atoms with van der Waals surface area (Å²) >= 11 is 0. The molecule has 0 aliphatic heterocycles. The Morgan fingerprint density at radius 1 is 1.33 bits per heavy atom. The maximum absolute atomic E-state index is 11.2. The lowest BCUT2D eigenvalue weighted by Crippen LogP contribution is -2.41. The van der Waals surface area contributed by atoms with E-state index in [4.69, 9.17) is 0 Å². The Morgan fingerprint density at radius 3 is 2.40 bits per heavy atom. The van der Waals surface area contributed by atoms with Gasteiger partial charge in [-0.2, -0.15) is 0 Å². The fourth-order valence-corrected chi connectivity index (χ4v) is 1.98. The summed E-state index contributed by atoms with van der Waals surface area (Å²) in [5, 5.41) is 2.68. The second-order valence-corrected chi connectivity index (χ2v) is 5.44. The van der Waals surface area contributed by atoms with E-state index in [2.05, 4.69) is 10.0 Å². The summed E-state index contributed by atoms with van der Waals surface area (Å²) < 4.78 is 24.6. The molecular formula is C9H20N2O3S. The minimum atomic E-state index is -3.28. The van der Waals surface area contributed by atoms with Gasteiger partial charge in [0.25, 0.3) is 0 Å². The Labute approximate surface area is 91.7 Å². The average Bonchev–Trinajstić information content (AvgIpc) is 2.15. The second-order valence-electron chi connectivity index (χ2n) is 3.52. The molecule has 0 aromatic heterocycles. The van der Waals surface area contributed by atoms with Crippen molar-refractivity contribution in [2.45, 2.75) is 39.7 Å². The molecule has 2 N–H and O–H groups in total. The summed E-state index contributed by atoms with van der Waals surface area (Å²) in [6.07, 6.45) is 1.37. The highest BCUT2D eigenvalue weighted by Gasteiger charge is 2.11. The van der Waals surface area contributed by atoms with Gasteiger partial charge in [-0.15, -0.1) is 0 Å². The first-order valence-electron chi connectivity index (χ1n) is 5.18. The molecule has 5 nitrogen and oxygen atoms in total. The van der Waals surface area contributed by atoms with Crippen molar-refractivity contribution in [3.8, 4) is 0 Å². The Kier molecular flexibility index (Phi) is 6.51. The molecule has 0 radical (unpaired) electrons. The SMILES string of the molecule is CCCS(=O)(=O)NCC(=O)NC(C)CC. The molecule has 0 bridgehead atoms. The van der Waals surface area contributed by atoms with Gasteiger partial charge in [0.1, 0.15) is 0 Å². The third kappa shape index (κ3) is 7.33. The van der Waals surface area contributed by atoms with Crippen LogP contribution < -0.4 is 10.0 Å². The number of nitrogens with one attached hydrogen (secondary N) is 2.